The summed E-state index contributed by atoms with van der Waals surface area (Å²) in [4.78, 5) is 33.8. The van der Waals surface area contributed by atoms with Crippen molar-refractivity contribution < 1.29 is 14.5 Å². The molecule has 2 aliphatic rings. The molecule has 0 atom stereocenters. The Labute approximate surface area is 186 Å². The van der Waals surface area contributed by atoms with E-state index in [1.807, 2.05) is 4.90 Å². The average molecular weight is 441 g/mol. The molecule has 170 valence electrons. The number of piperidine rings is 1. The third-order valence-electron chi connectivity index (χ3n) is 6.14. The largest absolute Gasteiger partial charge is 0.457 e. The molecule has 0 aliphatic carbocycles. The van der Waals surface area contributed by atoms with E-state index in [0.717, 1.165) is 39.0 Å². The van der Waals surface area contributed by atoms with Gasteiger partial charge in [-0.15, -0.1) is 0 Å². The van der Waals surface area contributed by atoms with Crippen molar-refractivity contribution in [3.8, 4) is 11.5 Å². The quantitative estimate of drug-likeness (QED) is 0.544. The predicted molar refractivity (Wildman–Crippen MR) is 120 cm³/mol. The minimum atomic E-state index is -0.462. The van der Waals surface area contributed by atoms with Crippen LogP contribution >= 0.6 is 0 Å². The number of aromatic nitrogens is 1. The molecular formula is C22H28N6O4. The molecular weight excluding hydrogens is 412 g/mol. The van der Waals surface area contributed by atoms with Gasteiger partial charge in [-0.05, 0) is 45.1 Å². The molecule has 0 radical (unpaired) electrons. The number of carbonyl (C=O) groups excluding carboxylic acids is 1. The molecule has 0 unspecified atom stereocenters. The van der Waals surface area contributed by atoms with E-state index in [0.29, 0.717) is 29.4 Å². The lowest BCUT2D eigenvalue weighted by atomic mass is 9.97. The molecule has 0 bridgehead atoms. The van der Waals surface area contributed by atoms with Gasteiger partial charge in [0.15, 0.2) is 0 Å². The molecule has 4 rings (SSSR count). The van der Waals surface area contributed by atoms with Gasteiger partial charge in [-0.1, -0.05) is 0 Å². The number of carbonyl (C=O) groups is 1. The number of nitro groups is 1. The first-order valence-electron chi connectivity index (χ1n) is 10.7. The Bertz CT molecular complexity index is 953. The number of rotatable bonds is 6. The molecule has 10 nitrogen and oxygen atoms in total. The highest BCUT2D eigenvalue weighted by atomic mass is 16.6. The number of amides is 2. The smallest absolute Gasteiger partial charge is 0.323 e. The van der Waals surface area contributed by atoms with Gasteiger partial charge in [-0.2, -0.15) is 0 Å². The van der Waals surface area contributed by atoms with E-state index in [1.165, 1.54) is 24.3 Å². The zero-order valence-electron chi connectivity index (χ0n) is 18.3. The molecule has 2 aliphatic heterocycles. The number of urea groups is 1. The van der Waals surface area contributed by atoms with Crippen LogP contribution in [0.15, 0.2) is 42.6 Å². The number of nitro benzene ring substituents is 1. The van der Waals surface area contributed by atoms with E-state index >= 15 is 0 Å². The van der Waals surface area contributed by atoms with E-state index in [-0.39, 0.29) is 11.7 Å². The van der Waals surface area contributed by atoms with Crippen LogP contribution in [0, 0.1) is 10.1 Å². The monoisotopic (exact) mass is 440 g/mol. The molecule has 1 N–H and O–H groups in total. The molecule has 10 heteroatoms. The van der Waals surface area contributed by atoms with Gasteiger partial charge < -0.3 is 14.5 Å². The van der Waals surface area contributed by atoms with Crippen molar-refractivity contribution >= 4 is 17.5 Å². The number of hydrogen-bond acceptors (Lipinski definition) is 7. The Balaban J connectivity index is 1.27. The summed E-state index contributed by atoms with van der Waals surface area (Å²) in [7, 11) is 4.24. The summed E-state index contributed by atoms with van der Waals surface area (Å²) >= 11 is 0. The van der Waals surface area contributed by atoms with Crippen molar-refractivity contribution in [1.29, 1.82) is 0 Å². The van der Waals surface area contributed by atoms with Gasteiger partial charge >= 0.3 is 6.03 Å². The second-order valence-electron chi connectivity index (χ2n) is 8.45. The van der Waals surface area contributed by atoms with E-state index in [2.05, 4.69) is 34.2 Å². The number of nitrogens with one attached hydrogen (secondary N) is 1. The van der Waals surface area contributed by atoms with Crippen LogP contribution in [-0.4, -0.2) is 83.0 Å². The summed E-state index contributed by atoms with van der Waals surface area (Å²) in [5.74, 6) is 1.34. The van der Waals surface area contributed by atoms with Crippen LogP contribution in [0.2, 0.25) is 0 Å². The third kappa shape index (κ3) is 5.14. The first-order chi connectivity index (χ1) is 15.4. The van der Waals surface area contributed by atoms with Gasteiger partial charge in [-0.25, -0.2) is 9.78 Å². The van der Waals surface area contributed by atoms with E-state index < -0.39 is 4.92 Å². The molecule has 1 aromatic carbocycles. The summed E-state index contributed by atoms with van der Waals surface area (Å²) in [5.41, 5.74) is -0.00423. The number of benzene rings is 1. The van der Waals surface area contributed by atoms with Crippen LogP contribution in [0.25, 0.3) is 0 Å². The zero-order valence-corrected chi connectivity index (χ0v) is 18.3. The van der Waals surface area contributed by atoms with Crippen molar-refractivity contribution in [1.82, 2.24) is 19.7 Å². The molecule has 3 heterocycles. The first kappa shape index (κ1) is 22.0. The topological polar surface area (TPSA) is 104 Å². The predicted octanol–water partition coefficient (Wildman–Crippen LogP) is 3.02. The maximum Gasteiger partial charge on any atom is 0.323 e. The molecule has 2 amide bonds. The first-order valence-corrected chi connectivity index (χ1v) is 10.7. The number of pyridine rings is 1. The second kappa shape index (κ2) is 9.49. The Morgan fingerprint density at radius 3 is 2.47 bits per heavy atom. The minimum absolute atomic E-state index is 0.00423. The van der Waals surface area contributed by atoms with E-state index in [9.17, 15) is 14.9 Å². The van der Waals surface area contributed by atoms with Gasteiger partial charge in [0.25, 0.3) is 5.69 Å². The summed E-state index contributed by atoms with van der Waals surface area (Å²) in [5, 5.41) is 13.6. The van der Waals surface area contributed by atoms with Crippen molar-refractivity contribution in [3.05, 3.63) is 52.7 Å². The zero-order chi connectivity index (χ0) is 22.7. The van der Waals surface area contributed by atoms with Crippen molar-refractivity contribution in [2.24, 2.45) is 0 Å². The summed E-state index contributed by atoms with van der Waals surface area (Å²) < 4.78 is 5.73. The maximum atomic E-state index is 12.7. The van der Waals surface area contributed by atoms with Crippen LogP contribution in [0.5, 0.6) is 11.5 Å². The van der Waals surface area contributed by atoms with Crippen LogP contribution in [0.3, 0.4) is 0 Å². The van der Waals surface area contributed by atoms with E-state index in [1.54, 1.807) is 18.3 Å². The van der Waals surface area contributed by atoms with Crippen molar-refractivity contribution in [2.45, 2.75) is 24.9 Å². The fourth-order valence-corrected chi connectivity index (χ4v) is 4.05. The number of nitrogens with zero attached hydrogens (tertiary/aromatic N) is 5. The number of hydrogen-bond donors (Lipinski definition) is 1. The van der Waals surface area contributed by atoms with Crippen molar-refractivity contribution in [2.75, 3.05) is 45.6 Å². The van der Waals surface area contributed by atoms with Gasteiger partial charge in [-0.3, -0.25) is 20.3 Å². The molecule has 2 fully saturated rings. The number of non-ortho nitro benzene ring substituents is 1. The average Bonchev–Trinajstić information content (AvgIpc) is 2.73. The Morgan fingerprint density at radius 2 is 1.84 bits per heavy atom. The summed E-state index contributed by atoms with van der Waals surface area (Å²) in [6, 6.07) is 10.1. The maximum absolute atomic E-state index is 12.7. The minimum Gasteiger partial charge on any atom is -0.457 e. The van der Waals surface area contributed by atoms with Crippen LogP contribution in [-0.2, 0) is 0 Å². The lowest BCUT2D eigenvalue weighted by molar-refractivity contribution is -0.384. The summed E-state index contributed by atoms with van der Waals surface area (Å²) in [6.45, 7) is 3.65. The Hall–Kier alpha value is -3.24. The SMILES string of the molecule is CN(C)C1CN(C2CCN(C(=O)Nc3cc(Oc4ccc([N+](=O)[O-])cc4)ccn3)CC2)C1. The number of likely N-dealkylation sites (tertiary alicyclic amines) is 2. The van der Waals surface area contributed by atoms with Gasteiger partial charge in [0.05, 0.1) is 4.92 Å². The lowest BCUT2D eigenvalue weighted by Crippen LogP contribution is -2.62. The van der Waals surface area contributed by atoms with E-state index in [4.69, 9.17) is 4.74 Å². The second-order valence-corrected chi connectivity index (χ2v) is 8.45. The molecule has 0 saturated carbocycles. The normalized spacial score (nSPS) is 17.8. The molecule has 2 saturated heterocycles. The highest BCUT2D eigenvalue weighted by Gasteiger charge is 2.35. The van der Waals surface area contributed by atoms with Crippen LogP contribution < -0.4 is 10.1 Å². The molecule has 2 aromatic rings. The standard InChI is InChI=1S/C22H28N6O4/c1-25(2)18-14-27(15-18)16-8-11-26(12-9-16)22(29)24-21-13-20(7-10-23-21)32-19-5-3-17(4-6-19)28(30)31/h3-7,10,13,16,18H,8-9,11-12,14-15H2,1-2H3,(H,23,24,29). The van der Waals surface area contributed by atoms with Crippen LogP contribution in [0.4, 0.5) is 16.3 Å². The fraction of sp³-hybridized carbons (Fsp3) is 0.455. The number of ether oxygens (including phenoxy) is 1. The Kier molecular flexibility index (Phi) is 6.52. The molecule has 32 heavy (non-hydrogen) atoms. The third-order valence-corrected chi connectivity index (χ3v) is 6.14. The number of likely N-dealkylation sites (N-methyl/N-ethyl adjacent to an activating group) is 1. The molecule has 1 aromatic heterocycles. The number of anilines is 1. The fourth-order valence-electron chi connectivity index (χ4n) is 4.05. The molecule has 0 spiro atoms. The van der Waals surface area contributed by atoms with Crippen LogP contribution in [0.1, 0.15) is 12.8 Å². The highest BCUT2D eigenvalue weighted by molar-refractivity contribution is 5.88. The van der Waals surface area contributed by atoms with Gasteiger partial charge in [0.1, 0.15) is 17.3 Å². The van der Waals surface area contributed by atoms with Gasteiger partial charge in [0.2, 0.25) is 0 Å². The van der Waals surface area contributed by atoms with Crippen molar-refractivity contribution in [3.63, 3.8) is 0 Å². The van der Waals surface area contributed by atoms with Gasteiger partial charge in [0, 0.05) is 62.7 Å². The summed E-state index contributed by atoms with van der Waals surface area (Å²) in [6.07, 6.45) is 3.50. The Morgan fingerprint density at radius 1 is 1.16 bits per heavy atom. The lowest BCUT2D eigenvalue weighted by Gasteiger charge is -2.49. The highest BCUT2D eigenvalue weighted by Crippen LogP contribution is 2.26.